The number of sulfonamides is 1. The quantitative estimate of drug-likeness (QED) is 0.454. The SMILES string of the molecule is COc1ccc(C(=O)OCc2coc(-c3ccc(F)cc3)n2)cc1S(=O)(=O)N1CCCCC1C. The van der Waals surface area contributed by atoms with Crippen LogP contribution in [0.2, 0.25) is 0 Å². The van der Waals surface area contributed by atoms with E-state index >= 15 is 0 Å². The van der Waals surface area contributed by atoms with Gasteiger partial charge in [-0.05, 0) is 62.2 Å². The molecule has 0 bridgehead atoms. The second-order valence-electron chi connectivity index (χ2n) is 8.05. The highest BCUT2D eigenvalue weighted by Gasteiger charge is 2.33. The third kappa shape index (κ3) is 4.97. The van der Waals surface area contributed by atoms with Crippen LogP contribution in [-0.4, -0.2) is 43.4 Å². The summed E-state index contributed by atoms with van der Waals surface area (Å²) in [6.07, 6.45) is 3.88. The largest absolute Gasteiger partial charge is 0.495 e. The summed E-state index contributed by atoms with van der Waals surface area (Å²) in [6.45, 7) is 2.12. The highest BCUT2D eigenvalue weighted by atomic mass is 32.2. The second-order valence-corrected chi connectivity index (χ2v) is 9.91. The fourth-order valence-electron chi connectivity index (χ4n) is 3.88. The molecule has 0 spiro atoms. The molecule has 10 heteroatoms. The summed E-state index contributed by atoms with van der Waals surface area (Å²) in [4.78, 5) is 16.8. The zero-order chi connectivity index (χ0) is 24.3. The summed E-state index contributed by atoms with van der Waals surface area (Å²) < 4.78 is 57.2. The number of aromatic nitrogens is 1. The van der Waals surface area contributed by atoms with E-state index < -0.39 is 16.0 Å². The van der Waals surface area contributed by atoms with Crippen LogP contribution >= 0.6 is 0 Å². The second kappa shape index (κ2) is 9.94. The summed E-state index contributed by atoms with van der Waals surface area (Å²) in [5.74, 6) is -0.661. The smallest absolute Gasteiger partial charge is 0.338 e. The van der Waals surface area contributed by atoms with E-state index in [0.717, 1.165) is 19.3 Å². The summed E-state index contributed by atoms with van der Waals surface area (Å²) in [5.41, 5.74) is 1.01. The van der Waals surface area contributed by atoms with Gasteiger partial charge in [0.15, 0.2) is 0 Å². The van der Waals surface area contributed by atoms with Crippen molar-refractivity contribution in [3.63, 3.8) is 0 Å². The highest BCUT2D eigenvalue weighted by Crippen LogP contribution is 2.32. The Morgan fingerprint density at radius 3 is 2.68 bits per heavy atom. The van der Waals surface area contributed by atoms with E-state index in [1.807, 2.05) is 6.92 Å². The Bertz CT molecular complexity index is 1270. The van der Waals surface area contributed by atoms with Crippen LogP contribution in [-0.2, 0) is 21.4 Å². The van der Waals surface area contributed by atoms with Gasteiger partial charge in [0.2, 0.25) is 15.9 Å². The summed E-state index contributed by atoms with van der Waals surface area (Å²) >= 11 is 0. The minimum Gasteiger partial charge on any atom is -0.495 e. The van der Waals surface area contributed by atoms with Gasteiger partial charge in [0.1, 0.15) is 35.0 Å². The molecule has 1 aliphatic heterocycles. The van der Waals surface area contributed by atoms with Crippen molar-refractivity contribution in [2.24, 2.45) is 0 Å². The van der Waals surface area contributed by atoms with Crippen LogP contribution < -0.4 is 4.74 Å². The molecule has 1 unspecified atom stereocenters. The van der Waals surface area contributed by atoms with Gasteiger partial charge in [-0.25, -0.2) is 22.6 Å². The molecular weight excluding hydrogens is 463 g/mol. The average Bonchev–Trinajstić information content (AvgIpc) is 3.31. The molecule has 2 heterocycles. The Balaban J connectivity index is 1.50. The maximum absolute atomic E-state index is 13.3. The molecule has 3 aromatic rings. The number of methoxy groups -OCH3 is 1. The third-order valence-corrected chi connectivity index (χ3v) is 7.76. The highest BCUT2D eigenvalue weighted by molar-refractivity contribution is 7.89. The lowest BCUT2D eigenvalue weighted by Crippen LogP contribution is -2.42. The number of benzene rings is 2. The molecule has 1 atom stereocenters. The van der Waals surface area contributed by atoms with E-state index in [1.165, 1.54) is 60.1 Å². The number of carbonyl (C=O) groups is 1. The fourth-order valence-corrected chi connectivity index (χ4v) is 5.76. The first-order valence-corrected chi connectivity index (χ1v) is 12.3. The average molecular weight is 489 g/mol. The maximum atomic E-state index is 13.3. The van der Waals surface area contributed by atoms with Crippen LogP contribution in [0.25, 0.3) is 11.5 Å². The van der Waals surface area contributed by atoms with Crippen LogP contribution in [0.3, 0.4) is 0 Å². The van der Waals surface area contributed by atoms with E-state index in [1.54, 1.807) is 0 Å². The van der Waals surface area contributed by atoms with Crippen molar-refractivity contribution in [1.82, 2.24) is 9.29 Å². The molecule has 1 aliphatic rings. The number of halogens is 1. The Morgan fingerprint density at radius 2 is 1.97 bits per heavy atom. The first-order chi connectivity index (χ1) is 16.3. The molecule has 34 heavy (non-hydrogen) atoms. The predicted octanol–water partition coefficient (Wildman–Crippen LogP) is 4.41. The molecule has 0 radical (unpaired) electrons. The van der Waals surface area contributed by atoms with Crippen molar-refractivity contribution in [3.8, 4) is 17.2 Å². The monoisotopic (exact) mass is 488 g/mol. The topological polar surface area (TPSA) is 98.9 Å². The Labute approximate surface area is 197 Å². The summed E-state index contributed by atoms with van der Waals surface area (Å²) in [6, 6.07) is 9.68. The maximum Gasteiger partial charge on any atom is 0.338 e. The van der Waals surface area contributed by atoms with Gasteiger partial charge in [-0.1, -0.05) is 6.42 Å². The van der Waals surface area contributed by atoms with Crippen LogP contribution in [0.1, 0.15) is 42.2 Å². The minimum atomic E-state index is -3.86. The van der Waals surface area contributed by atoms with Gasteiger partial charge >= 0.3 is 5.97 Å². The van der Waals surface area contributed by atoms with E-state index in [0.29, 0.717) is 17.8 Å². The van der Waals surface area contributed by atoms with Crippen molar-refractivity contribution in [1.29, 1.82) is 0 Å². The van der Waals surface area contributed by atoms with Gasteiger partial charge < -0.3 is 13.9 Å². The molecule has 0 N–H and O–H groups in total. The van der Waals surface area contributed by atoms with Crippen molar-refractivity contribution in [2.75, 3.05) is 13.7 Å². The molecule has 4 rings (SSSR count). The lowest BCUT2D eigenvalue weighted by molar-refractivity contribution is 0.0467. The number of rotatable bonds is 7. The minimum absolute atomic E-state index is 0.0711. The molecular formula is C24H25FN2O6S. The standard InChI is InChI=1S/C24H25FN2O6S/c1-16-5-3-4-12-27(16)34(29,30)22-13-18(8-11-21(22)31-2)24(28)33-15-20-14-32-23(26-20)17-6-9-19(25)10-7-17/h6-11,13-14,16H,3-5,12,15H2,1-2H3. The molecule has 1 aromatic heterocycles. The number of ether oxygens (including phenoxy) is 2. The summed E-state index contributed by atoms with van der Waals surface area (Å²) in [5, 5.41) is 0. The first kappa shape index (κ1) is 23.9. The van der Waals surface area contributed by atoms with Crippen LogP contribution in [0.15, 0.2) is 58.0 Å². The third-order valence-electron chi connectivity index (χ3n) is 5.72. The van der Waals surface area contributed by atoms with Gasteiger partial charge in [0.25, 0.3) is 0 Å². The Kier molecular flexibility index (Phi) is 6.99. The molecule has 1 fully saturated rings. The molecule has 0 amide bonds. The Morgan fingerprint density at radius 1 is 1.21 bits per heavy atom. The first-order valence-electron chi connectivity index (χ1n) is 10.9. The van der Waals surface area contributed by atoms with Crippen molar-refractivity contribution >= 4 is 16.0 Å². The molecule has 0 saturated carbocycles. The number of hydrogen-bond acceptors (Lipinski definition) is 7. The predicted molar refractivity (Wildman–Crippen MR) is 121 cm³/mol. The number of piperidine rings is 1. The van der Waals surface area contributed by atoms with Crippen molar-refractivity contribution in [2.45, 2.75) is 43.7 Å². The number of carbonyl (C=O) groups excluding carboxylic acids is 1. The number of hydrogen-bond donors (Lipinski definition) is 0. The van der Waals surface area contributed by atoms with E-state index in [-0.39, 0.29) is 40.6 Å². The van der Waals surface area contributed by atoms with Gasteiger partial charge in [-0.2, -0.15) is 4.31 Å². The van der Waals surface area contributed by atoms with Crippen LogP contribution in [0, 0.1) is 5.82 Å². The van der Waals surface area contributed by atoms with Gasteiger partial charge in [-0.3, -0.25) is 0 Å². The van der Waals surface area contributed by atoms with Crippen molar-refractivity contribution < 1.29 is 31.5 Å². The zero-order valence-corrected chi connectivity index (χ0v) is 19.7. The summed E-state index contributed by atoms with van der Waals surface area (Å²) in [7, 11) is -2.48. The van der Waals surface area contributed by atoms with E-state index in [9.17, 15) is 17.6 Å². The molecule has 2 aromatic carbocycles. The molecule has 1 saturated heterocycles. The van der Waals surface area contributed by atoms with E-state index in [2.05, 4.69) is 4.98 Å². The lowest BCUT2D eigenvalue weighted by Gasteiger charge is -2.32. The Hall–Kier alpha value is -3.24. The number of esters is 1. The van der Waals surface area contributed by atoms with Gasteiger partial charge in [0, 0.05) is 18.2 Å². The normalized spacial score (nSPS) is 16.9. The number of oxazole rings is 1. The molecule has 0 aliphatic carbocycles. The molecule has 8 nitrogen and oxygen atoms in total. The van der Waals surface area contributed by atoms with Crippen LogP contribution in [0.5, 0.6) is 5.75 Å². The van der Waals surface area contributed by atoms with Gasteiger partial charge in [0.05, 0.1) is 12.7 Å². The molecule has 180 valence electrons. The van der Waals surface area contributed by atoms with Crippen molar-refractivity contribution in [3.05, 3.63) is 65.8 Å². The van der Waals surface area contributed by atoms with Gasteiger partial charge in [-0.15, -0.1) is 0 Å². The van der Waals surface area contributed by atoms with Crippen LogP contribution in [0.4, 0.5) is 4.39 Å². The number of nitrogens with zero attached hydrogens (tertiary/aromatic N) is 2. The van der Waals surface area contributed by atoms with E-state index in [4.69, 9.17) is 13.9 Å². The fraction of sp³-hybridized carbons (Fsp3) is 0.333. The zero-order valence-electron chi connectivity index (χ0n) is 18.9. The lowest BCUT2D eigenvalue weighted by atomic mass is 10.1.